The molecule has 29 heavy (non-hydrogen) atoms. The maximum Gasteiger partial charge on any atom is 0.343 e. The first-order valence-corrected chi connectivity index (χ1v) is 9.55. The van der Waals surface area contributed by atoms with Gasteiger partial charge in [-0.25, -0.2) is 9.18 Å². The van der Waals surface area contributed by atoms with Crippen molar-refractivity contribution in [2.24, 2.45) is 5.92 Å². The van der Waals surface area contributed by atoms with Crippen molar-refractivity contribution in [3.63, 3.8) is 0 Å². The number of hydrogen-bond acceptors (Lipinski definition) is 7. The van der Waals surface area contributed by atoms with E-state index >= 15 is 0 Å². The summed E-state index contributed by atoms with van der Waals surface area (Å²) in [6.45, 7) is 3.18. The zero-order chi connectivity index (χ0) is 21.0. The highest BCUT2D eigenvalue weighted by Crippen LogP contribution is 2.34. The van der Waals surface area contributed by atoms with Gasteiger partial charge in [-0.1, -0.05) is 5.16 Å². The van der Waals surface area contributed by atoms with Crippen molar-refractivity contribution >= 4 is 11.8 Å². The van der Waals surface area contributed by atoms with Crippen molar-refractivity contribution in [2.45, 2.75) is 12.8 Å². The van der Waals surface area contributed by atoms with Gasteiger partial charge in [0.2, 0.25) is 0 Å². The van der Waals surface area contributed by atoms with E-state index in [1.165, 1.54) is 25.3 Å². The van der Waals surface area contributed by atoms with Crippen LogP contribution >= 0.6 is 0 Å². The SMILES string of the molecule is COc1cc(-c2onc(N(C)CC3CCCN(CCO)C3)c2C(=O)O)ccc1F. The Balaban J connectivity index is 1.84. The van der Waals surface area contributed by atoms with Gasteiger partial charge in [-0.15, -0.1) is 0 Å². The van der Waals surface area contributed by atoms with Crippen LogP contribution in [0.2, 0.25) is 0 Å². The fourth-order valence-corrected chi connectivity index (χ4v) is 3.85. The Morgan fingerprint density at radius 3 is 2.97 bits per heavy atom. The molecule has 1 aliphatic heterocycles. The number of hydrogen-bond donors (Lipinski definition) is 2. The number of aromatic carboxylic acids is 1. The lowest BCUT2D eigenvalue weighted by Crippen LogP contribution is -2.41. The van der Waals surface area contributed by atoms with Gasteiger partial charge in [-0.05, 0) is 43.5 Å². The number of carboxylic acid groups (broad SMARTS) is 1. The van der Waals surface area contributed by atoms with Crippen molar-refractivity contribution in [3.8, 4) is 17.1 Å². The molecule has 0 bridgehead atoms. The second kappa shape index (κ2) is 9.23. The van der Waals surface area contributed by atoms with Gasteiger partial charge in [0.05, 0.1) is 13.7 Å². The number of aliphatic hydroxyl groups excluding tert-OH is 1. The van der Waals surface area contributed by atoms with Gasteiger partial charge in [0.1, 0.15) is 0 Å². The summed E-state index contributed by atoms with van der Waals surface area (Å²) in [6.07, 6.45) is 2.05. The highest BCUT2D eigenvalue weighted by molar-refractivity contribution is 5.99. The Bertz CT molecular complexity index is 855. The molecule has 1 aromatic carbocycles. The Labute approximate surface area is 168 Å². The highest BCUT2D eigenvalue weighted by Gasteiger charge is 2.29. The van der Waals surface area contributed by atoms with Crippen LogP contribution in [0.1, 0.15) is 23.2 Å². The van der Waals surface area contributed by atoms with Gasteiger partial charge in [0.25, 0.3) is 0 Å². The molecule has 0 radical (unpaired) electrons. The lowest BCUT2D eigenvalue weighted by atomic mass is 9.97. The fourth-order valence-electron chi connectivity index (χ4n) is 3.85. The molecule has 0 spiro atoms. The molecule has 2 aromatic rings. The molecule has 1 aromatic heterocycles. The number of aliphatic hydroxyl groups is 1. The predicted molar refractivity (Wildman–Crippen MR) is 105 cm³/mol. The van der Waals surface area contributed by atoms with E-state index in [1.807, 2.05) is 0 Å². The molecule has 8 nitrogen and oxygen atoms in total. The van der Waals surface area contributed by atoms with Crippen molar-refractivity contribution in [1.29, 1.82) is 0 Å². The van der Waals surface area contributed by atoms with E-state index in [0.29, 0.717) is 24.6 Å². The summed E-state index contributed by atoms with van der Waals surface area (Å²) in [5, 5.41) is 22.9. The number of piperidine rings is 1. The van der Waals surface area contributed by atoms with Crippen LogP contribution in [0.3, 0.4) is 0 Å². The lowest BCUT2D eigenvalue weighted by molar-refractivity contribution is 0.0697. The molecule has 2 N–H and O–H groups in total. The monoisotopic (exact) mass is 407 g/mol. The number of carbonyl (C=O) groups is 1. The first-order chi connectivity index (χ1) is 13.9. The summed E-state index contributed by atoms with van der Waals surface area (Å²) in [4.78, 5) is 16.0. The zero-order valence-corrected chi connectivity index (χ0v) is 16.6. The first kappa shape index (κ1) is 21.1. The average molecular weight is 407 g/mol. The number of anilines is 1. The minimum Gasteiger partial charge on any atom is -0.494 e. The molecular weight excluding hydrogens is 381 g/mol. The summed E-state index contributed by atoms with van der Waals surface area (Å²) in [6, 6.07) is 4.02. The van der Waals surface area contributed by atoms with E-state index in [4.69, 9.17) is 14.4 Å². The summed E-state index contributed by atoms with van der Waals surface area (Å²) in [7, 11) is 3.12. The minimum absolute atomic E-state index is 0.00340. The zero-order valence-electron chi connectivity index (χ0n) is 16.6. The Hall–Kier alpha value is -2.65. The van der Waals surface area contributed by atoms with Gasteiger partial charge >= 0.3 is 5.97 Å². The number of halogens is 1. The lowest BCUT2D eigenvalue weighted by Gasteiger charge is -2.34. The maximum atomic E-state index is 13.7. The number of β-amino-alcohol motifs (C(OH)–C–C–N with tert-alkyl or cyclic N) is 1. The van der Waals surface area contributed by atoms with E-state index in [9.17, 15) is 14.3 Å². The normalized spacial score (nSPS) is 17.3. The average Bonchev–Trinajstić information content (AvgIpc) is 3.14. The van der Waals surface area contributed by atoms with Gasteiger partial charge in [0, 0.05) is 32.2 Å². The molecule has 158 valence electrons. The second-order valence-corrected chi connectivity index (χ2v) is 7.28. The van der Waals surface area contributed by atoms with Gasteiger partial charge in [-0.3, -0.25) is 0 Å². The van der Waals surface area contributed by atoms with Crippen LogP contribution in [0, 0.1) is 11.7 Å². The van der Waals surface area contributed by atoms with Crippen LogP contribution in [0.5, 0.6) is 5.75 Å². The number of likely N-dealkylation sites (tertiary alicyclic amines) is 1. The maximum absolute atomic E-state index is 13.7. The Morgan fingerprint density at radius 2 is 2.28 bits per heavy atom. The Morgan fingerprint density at radius 1 is 1.48 bits per heavy atom. The summed E-state index contributed by atoms with van der Waals surface area (Å²) in [5.41, 5.74) is 0.309. The van der Waals surface area contributed by atoms with Gasteiger partial charge in [-0.2, -0.15) is 0 Å². The minimum atomic E-state index is -1.17. The molecule has 0 saturated carbocycles. The smallest absolute Gasteiger partial charge is 0.343 e. The summed E-state index contributed by atoms with van der Waals surface area (Å²) < 4.78 is 24.0. The molecule has 1 unspecified atom stereocenters. The predicted octanol–water partition coefficient (Wildman–Crippen LogP) is 2.33. The molecule has 2 heterocycles. The highest BCUT2D eigenvalue weighted by atomic mass is 19.1. The van der Waals surface area contributed by atoms with Crippen LogP contribution < -0.4 is 9.64 Å². The molecule has 1 aliphatic rings. The number of nitrogens with zero attached hydrogens (tertiary/aromatic N) is 3. The van der Waals surface area contributed by atoms with Crippen molar-refractivity contribution in [2.75, 3.05) is 51.8 Å². The van der Waals surface area contributed by atoms with E-state index in [1.54, 1.807) is 11.9 Å². The molecule has 9 heteroatoms. The molecule has 3 rings (SSSR count). The van der Waals surface area contributed by atoms with E-state index < -0.39 is 11.8 Å². The standard InChI is InChI=1S/C20H26FN3O5/c1-23(11-13-4-3-7-24(12-13)8-9-25)19-17(20(26)27)18(29-22-19)14-5-6-15(21)16(10-14)28-2/h5-6,10,13,25H,3-4,7-9,11-12H2,1-2H3,(H,26,27). The van der Waals surface area contributed by atoms with E-state index in [2.05, 4.69) is 10.1 Å². The third-order valence-corrected chi connectivity index (χ3v) is 5.21. The molecule has 1 atom stereocenters. The number of rotatable bonds is 8. The van der Waals surface area contributed by atoms with E-state index in [0.717, 1.165) is 25.9 Å². The number of benzene rings is 1. The second-order valence-electron chi connectivity index (χ2n) is 7.28. The van der Waals surface area contributed by atoms with Crippen molar-refractivity contribution in [1.82, 2.24) is 10.1 Å². The first-order valence-electron chi connectivity index (χ1n) is 9.55. The van der Waals surface area contributed by atoms with Gasteiger partial charge in [0.15, 0.2) is 28.7 Å². The topological polar surface area (TPSA) is 99.3 Å². The molecule has 0 aliphatic carbocycles. The third-order valence-electron chi connectivity index (χ3n) is 5.21. The van der Waals surface area contributed by atoms with Crippen molar-refractivity contribution < 1.29 is 28.7 Å². The molecule has 1 fully saturated rings. The van der Waals surface area contributed by atoms with Crippen LogP contribution in [0.4, 0.5) is 10.2 Å². The quantitative estimate of drug-likeness (QED) is 0.688. The van der Waals surface area contributed by atoms with Crippen molar-refractivity contribution in [3.05, 3.63) is 29.6 Å². The molecular formula is C20H26FN3O5. The van der Waals surface area contributed by atoms with Crippen LogP contribution in [0.25, 0.3) is 11.3 Å². The molecule has 1 saturated heterocycles. The third kappa shape index (κ3) is 4.68. The summed E-state index contributed by atoms with van der Waals surface area (Å²) in [5.74, 6) is -1.10. The largest absolute Gasteiger partial charge is 0.494 e. The van der Waals surface area contributed by atoms with Gasteiger partial charge < -0.3 is 29.3 Å². The van der Waals surface area contributed by atoms with Crippen LogP contribution in [-0.2, 0) is 0 Å². The number of ether oxygens (including phenoxy) is 1. The number of carboxylic acids is 1. The van der Waals surface area contributed by atoms with Crippen LogP contribution in [0.15, 0.2) is 22.7 Å². The number of methoxy groups -OCH3 is 1. The summed E-state index contributed by atoms with van der Waals surface area (Å²) >= 11 is 0. The van der Waals surface area contributed by atoms with E-state index in [-0.39, 0.29) is 29.5 Å². The Kier molecular flexibility index (Phi) is 6.71. The number of aromatic nitrogens is 1. The van der Waals surface area contributed by atoms with Crippen LogP contribution in [-0.4, -0.2) is 73.2 Å². The fraction of sp³-hybridized carbons (Fsp3) is 0.500. The molecule has 0 amide bonds.